The first-order valence-corrected chi connectivity index (χ1v) is 7.59. The Morgan fingerprint density at radius 2 is 1.83 bits per heavy atom. The van der Waals surface area contributed by atoms with Gasteiger partial charge < -0.3 is 5.11 Å². The van der Waals surface area contributed by atoms with Crippen LogP contribution in [-0.4, -0.2) is 17.0 Å². The smallest absolute Gasteiger partial charge is 0.0995 e. The number of aliphatic hydroxyl groups is 1. The highest BCUT2D eigenvalue weighted by Crippen LogP contribution is 2.15. The Kier molecular flexibility index (Phi) is 11.3. The molecule has 104 valence electrons. The summed E-state index contributed by atoms with van der Waals surface area (Å²) in [6.45, 7) is 7.80. The Morgan fingerprint density at radius 1 is 1.22 bits per heavy atom. The highest BCUT2D eigenvalue weighted by Gasteiger charge is 2.09. The van der Waals surface area contributed by atoms with Crippen LogP contribution >= 0.6 is 12.6 Å². The number of thiol groups is 1. The SMILES string of the molecule is C=C1C=CC=C(C)C1O.CCCCCCCCS. The first-order valence-electron chi connectivity index (χ1n) is 6.96. The van der Waals surface area contributed by atoms with Crippen LogP contribution in [0.15, 0.2) is 36.0 Å². The number of rotatable bonds is 6. The molecule has 0 aromatic heterocycles. The Morgan fingerprint density at radius 3 is 2.33 bits per heavy atom. The number of hydrogen-bond donors (Lipinski definition) is 2. The number of aliphatic hydroxyl groups excluding tert-OH is 1. The predicted octanol–water partition coefficient (Wildman–Crippen LogP) is 4.70. The van der Waals surface area contributed by atoms with Gasteiger partial charge in [0, 0.05) is 0 Å². The third-order valence-corrected chi connectivity index (χ3v) is 3.28. The molecule has 1 N–H and O–H groups in total. The van der Waals surface area contributed by atoms with E-state index in [9.17, 15) is 5.11 Å². The molecule has 0 bridgehead atoms. The Labute approximate surface area is 118 Å². The van der Waals surface area contributed by atoms with Gasteiger partial charge in [-0.25, -0.2) is 0 Å². The van der Waals surface area contributed by atoms with Crippen molar-refractivity contribution in [1.29, 1.82) is 0 Å². The van der Waals surface area contributed by atoms with E-state index in [-0.39, 0.29) is 0 Å². The van der Waals surface area contributed by atoms with Gasteiger partial charge in [-0.15, -0.1) is 0 Å². The number of hydrogen-bond acceptors (Lipinski definition) is 2. The van der Waals surface area contributed by atoms with Crippen LogP contribution in [0.5, 0.6) is 0 Å². The van der Waals surface area contributed by atoms with Crippen molar-refractivity contribution in [2.75, 3.05) is 5.75 Å². The Bertz CT molecular complexity index is 273. The van der Waals surface area contributed by atoms with E-state index >= 15 is 0 Å². The van der Waals surface area contributed by atoms with Crippen molar-refractivity contribution in [2.45, 2.75) is 58.5 Å². The molecule has 2 heteroatoms. The minimum absolute atomic E-state index is 0.449. The van der Waals surface area contributed by atoms with Gasteiger partial charge in [0.1, 0.15) is 0 Å². The van der Waals surface area contributed by atoms with E-state index in [1.54, 1.807) is 0 Å². The van der Waals surface area contributed by atoms with E-state index < -0.39 is 6.10 Å². The van der Waals surface area contributed by atoms with Crippen molar-refractivity contribution < 1.29 is 5.11 Å². The second kappa shape index (κ2) is 11.6. The topological polar surface area (TPSA) is 20.2 Å². The first kappa shape index (κ1) is 17.5. The highest BCUT2D eigenvalue weighted by atomic mass is 32.1. The second-order valence-electron chi connectivity index (χ2n) is 4.74. The molecule has 0 aliphatic heterocycles. The monoisotopic (exact) mass is 268 g/mol. The van der Waals surface area contributed by atoms with E-state index in [2.05, 4.69) is 26.1 Å². The largest absolute Gasteiger partial charge is 0.384 e. The van der Waals surface area contributed by atoms with Crippen molar-refractivity contribution >= 4 is 12.6 Å². The summed E-state index contributed by atoms with van der Waals surface area (Å²) in [5, 5.41) is 9.23. The van der Waals surface area contributed by atoms with E-state index in [0.717, 1.165) is 16.9 Å². The summed E-state index contributed by atoms with van der Waals surface area (Å²) in [7, 11) is 0. The van der Waals surface area contributed by atoms with Crippen molar-refractivity contribution in [3.05, 3.63) is 36.0 Å². The van der Waals surface area contributed by atoms with Crippen LogP contribution in [0.4, 0.5) is 0 Å². The minimum Gasteiger partial charge on any atom is -0.384 e. The maximum absolute atomic E-state index is 9.23. The summed E-state index contributed by atoms with van der Waals surface area (Å²) in [6, 6.07) is 0. The van der Waals surface area contributed by atoms with Gasteiger partial charge in [0.25, 0.3) is 0 Å². The maximum atomic E-state index is 9.23. The molecular formula is C16H28OS. The third kappa shape index (κ3) is 8.60. The molecule has 1 atom stereocenters. The van der Waals surface area contributed by atoms with Crippen molar-refractivity contribution in [3.8, 4) is 0 Å². The summed E-state index contributed by atoms with van der Waals surface area (Å²) in [5.74, 6) is 1.06. The van der Waals surface area contributed by atoms with Crippen molar-refractivity contribution in [3.63, 3.8) is 0 Å². The van der Waals surface area contributed by atoms with Crippen LogP contribution in [-0.2, 0) is 0 Å². The zero-order valence-corrected chi connectivity index (χ0v) is 12.8. The van der Waals surface area contributed by atoms with E-state index in [1.807, 2.05) is 25.2 Å². The van der Waals surface area contributed by atoms with Gasteiger partial charge in [0.2, 0.25) is 0 Å². The van der Waals surface area contributed by atoms with Crippen molar-refractivity contribution in [2.24, 2.45) is 0 Å². The molecule has 0 fully saturated rings. The normalized spacial score (nSPS) is 18.1. The van der Waals surface area contributed by atoms with Gasteiger partial charge in [0.05, 0.1) is 6.10 Å². The summed E-state index contributed by atoms with van der Waals surface area (Å²) in [4.78, 5) is 0. The lowest BCUT2D eigenvalue weighted by Crippen LogP contribution is -2.11. The summed E-state index contributed by atoms with van der Waals surface area (Å²) in [5.41, 5.74) is 1.73. The van der Waals surface area contributed by atoms with Gasteiger partial charge in [-0.2, -0.15) is 12.6 Å². The number of unbranched alkanes of at least 4 members (excludes halogenated alkanes) is 5. The second-order valence-corrected chi connectivity index (χ2v) is 5.19. The highest BCUT2D eigenvalue weighted by molar-refractivity contribution is 7.80. The van der Waals surface area contributed by atoms with E-state index in [4.69, 9.17) is 0 Å². The van der Waals surface area contributed by atoms with Crippen LogP contribution in [0.25, 0.3) is 0 Å². The van der Waals surface area contributed by atoms with Gasteiger partial charge in [-0.3, -0.25) is 0 Å². The van der Waals surface area contributed by atoms with Crippen LogP contribution in [0.1, 0.15) is 52.4 Å². The van der Waals surface area contributed by atoms with Gasteiger partial charge >= 0.3 is 0 Å². The fraction of sp³-hybridized carbons (Fsp3) is 0.625. The van der Waals surface area contributed by atoms with Gasteiger partial charge in [-0.05, 0) is 30.2 Å². The van der Waals surface area contributed by atoms with Crippen molar-refractivity contribution in [1.82, 2.24) is 0 Å². The molecule has 0 radical (unpaired) electrons. The number of allylic oxidation sites excluding steroid dienone is 2. The summed E-state index contributed by atoms with van der Waals surface area (Å²) in [6.07, 6.45) is 13.4. The van der Waals surface area contributed by atoms with Crippen LogP contribution < -0.4 is 0 Å². The Hall–Kier alpha value is -0.470. The molecular weight excluding hydrogens is 240 g/mol. The molecule has 1 aliphatic rings. The third-order valence-electron chi connectivity index (χ3n) is 2.96. The molecule has 1 aliphatic carbocycles. The van der Waals surface area contributed by atoms with E-state index in [0.29, 0.717) is 0 Å². The molecule has 1 nitrogen and oxygen atoms in total. The molecule has 0 amide bonds. The van der Waals surface area contributed by atoms with E-state index in [1.165, 1.54) is 38.5 Å². The zero-order chi connectivity index (χ0) is 13.8. The maximum Gasteiger partial charge on any atom is 0.0995 e. The average molecular weight is 268 g/mol. The van der Waals surface area contributed by atoms with Crippen LogP contribution in [0.2, 0.25) is 0 Å². The van der Waals surface area contributed by atoms with Gasteiger partial charge in [0.15, 0.2) is 0 Å². The van der Waals surface area contributed by atoms with Crippen LogP contribution in [0.3, 0.4) is 0 Å². The molecule has 1 unspecified atom stereocenters. The minimum atomic E-state index is -0.449. The average Bonchev–Trinajstić information content (AvgIpc) is 2.37. The molecule has 18 heavy (non-hydrogen) atoms. The zero-order valence-electron chi connectivity index (χ0n) is 11.9. The predicted molar refractivity (Wildman–Crippen MR) is 85.3 cm³/mol. The molecule has 0 spiro atoms. The summed E-state index contributed by atoms with van der Waals surface area (Å²) < 4.78 is 0. The molecule has 0 saturated heterocycles. The summed E-state index contributed by atoms with van der Waals surface area (Å²) >= 11 is 4.15. The fourth-order valence-corrected chi connectivity index (χ4v) is 1.91. The molecule has 0 aromatic carbocycles. The molecule has 0 saturated carbocycles. The molecule has 0 heterocycles. The standard InChI is InChI=1S/C8H10O.C8H18S/c1-6-4-3-5-7(2)8(6)9;1-2-3-4-5-6-7-8-9/h3-5,8-9H,1H2,2H3;9H,2-8H2,1H3. The first-order chi connectivity index (χ1) is 8.63. The van der Waals surface area contributed by atoms with Crippen LogP contribution in [0, 0.1) is 0 Å². The Balaban J connectivity index is 0.000000321. The quantitative estimate of drug-likeness (QED) is 0.528. The lowest BCUT2D eigenvalue weighted by molar-refractivity contribution is 0.250. The molecule has 1 rings (SSSR count). The van der Waals surface area contributed by atoms with Gasteiger partial charge in [-0.1, -0.05) is 63.8 Å². The lowest BCUT2D eigenvalue weighted by Gasteiger charge is -2.13. The molecule has 0 aromatic rings. The lowest BCUT2D eigenvalue weighted by atomic mass is 10.00. The fourth-order valence-electron chi connectivity index (χ4n) is 1.69.